The van der Waals surface area contributed by atoms with E-state index in [1.165, 1.54) is 27.9 Å². The van der Waals surface area contributed by atoms with Crippen LogP contribution in [0, 0.1) is 11.6 Å². The first-order chi connectivity index (χ1) is 20.0. The zero-order chi connectivity index (χ0) is 29.9. The molecule has 2 aromatic heterocycles. The molecule has 2 aliphatic rings. The molecule has 3 amide bonds. The van der Waals surface area contributed by atoms with E-state index in [2.05, 4.69) is 4.98 Å². The van der Waals surface area contributed by atoms with Gasteiger partial charge >= 0.3 is 0 Å². The number of pyridine rings is 1. The van der Waals surface area contributed by atoms with E-state index in [-0.39, 0.29) is 58.5 Å². The zero-order valence-electron chi connectivity index (χ0n) is 22.5. The molecule has 9 nitrogen and oxygen atoms in total. The van der Waals surface area contributed by atoms with Crippen molar-refractivity contribution in [1.82, 2.24) is 19.4 Å². The highest BCUT2D eigenvalue weighted by atomic mass is 32.1. The molecular formula is C30H24F2N4O5S. The van der Waals surface area contributed by atoms with Crippen LogP contribution in [0.2, 0.25) is 0 Å². The number of hydrogen-bond donors (Lipinski definition) is 1. The van der Waals surface area contributed by atoms with Crippen molar-refractivity contribution in [3.63, 3.8) is 0 Å². The molecule has 0 spiro atoms. The van der Waals surface area contributed by atoms with Gasteiger partial charge in [-0.2, -0.15) is 0 Å². The summed E-state index contributed by atoms with van der Waals surface area (Å²) < 4.78 is 29.0. The van der Waals surface area contributed by atoms with Crippen molar-refractivity contribution < 1.29 is 28.3 Å². The number of imide groups is 1. The first-order valence-electron chi connectivity index (χ1n) is 13.2. The third-order valence-corrected chi connectivity index (χ3v) is 8.56. The van der Waals surface area contributed by atoms with Crippen molar-refractivity contribution in [3.8, 4) is 16.3 Å². The fourth-order valence-corrected chi connectivity index (χ4v) is 6.32. The van der Waals surface area contributed by atoms with Crippen molar-refractivity contribution in [1.29, 1.82) is 0 Å². The molecule has 1 unspecified atom stereocenters. The quantitative estimate of drug-likeness (QED) is 0.336. The Morgan fingerprint density at radius 1 is 1.00 bits per heavy atom. The average molecular weight is 591 g/mol. The van der Waals surface area contributed by atoms with Crippen LogP contribution >= 0.6 is 11.3 Å². The molecule has 214 valence electrons. The van der Waals surface area contributed by atoms with E-state index < -0.39 is 46.6 Å². The molecule has 2 aliphatic heterocycles. The SMILES string of the molecule is CC(C)N1CC(CN2C(=O)c3ccccc3C2=O)n2cc(-c3ncc(Cc4ccc(F)cc4F)s3)c(=O)c(O)c2C1=O. The number of rotatable bonds is 6. The number of carbonyl (C=O) groups is 3. The summed E-state index contributed by atoms with van der Waals surface area (Å²) in [6.45, 7) is 3.59. The van der Waals surface area contributed by atoms with Crippen molar-refractivity contribution in [2.24, 2.45) is 0 Å². The van der Waals surface area contributed by atoms with Crippen LogP contribution in [0.25, 0.3) is 10.6 Å². The highest BCUT2D eigenvalue weighted by Gasteiger charge is 2.41. The highest BCUT2D eigenvalue weighted by Crippen LogP contribution is 2.34. The van der Waals surface area contributed by atoms with Gasteiger partial charge in [0.15, 0.2) is 11.4 Å². The van der Waals surface area contributed by atoms with Gasteiger partial charge in [0.2, 0.25) is 5.43 Å². The minimum Gasteiger partial charge on any atom is -0.503 e. The molecule has 0 radical (unpaired) electrons. The molecule has 0 saturated carbocycles. The highest BCUT2D eigenvalue weighted by molar-refractivity contribution is 7.15. The minimum atomic E-state index is -0.812. The Morgan fingerprint density at radius 2 is 1.69 bits per heavy atom. The summed E-state index contributed by atoms with van der Waals surface area (Å²) in [5, 5.41) is 11.3. The Morgan fingerprint density at radius 3 is 2.33 bits per heavy atom. The number of amides is 3. The summed E-state index contributed by atoms with van der Waals surface area (Å²) >= 11 is 1.09. The number of carbonyl (C=O) groups excluding carboxylic acids is 3. The number of hydrogen-bond acceptors (Lipinski definition) is 7. The van der Waals surface area contributed by atoms with E-state index in [1.54, 1.807) is 38.1 Å². The standard InChI is InChI=1S/C30H24F2N4O5S/c1-15(2)34-12-18(13-36-28(39)20-5-3-4-6-21(20)29(36)40)35-14-22(25(37)26(38)24(35)30(34)41)27-33-11-19(42-27)9-16-7-8-17(31)10-23(16)32/h3-8,10-11,14-15,18,38H,9,12-13H2,1-2H3. The van der Waals surface area contributed by atoms with Crippen LogP contribution in [-0.4, -0.2) is 61.3 Å². The van der Waals surface area contributed by atoms with Gasteiger partial charge in [0, 0.05) is 42.3 Å². The second kappa shape index (κ2) is 10.3. The van der Waals surface area contributed by atoms with Gasteiger partial charge in [-0.3, -0.25) is 24.1 Å². The number of thiazole rings is 1. The molecule has 1 N–H and O–H groups in total. The lowest BCUT2D eigenvalue weighted by molar-refractivity contribution is 0.0525. The molecule has 6 rings (SSSR count). The van der Waals surface area contributed by atoms with Crippen molar-refractivity contribution in [2.45, 2.75) is 32.4 Å². The number of aromatic hydroxyl groups is 1. The summed E-state index contributed by atoms with van der Waals surface area (Å²) in [5.74, 6) is -3.66. The fraction of sp³-hybridized carbons (Fsp3) is 0.233. The second-order valence-electron chi connectivity index (χ2n) is 10.5. The summed E-state index contributed by atoms with van der Waals surface area (Å²) in [7, 11) is 0. The Bertz CT molecular complexity index is 1810. The van der Waals surface area contributed by atoms with Gasteiger partial charge in [-0.1, -0.05) is 18.2 Å². The Balaban J connectivity index is 1.40. The molecular weight excluding hydrogens is 566 g/mol. The first-order valence-corrected chi connectivity index (χ1v) is 14.0. The number of benzene rings is 2. The van der Waals surface area contributed by atoms with E-state index in [0.717, 1.165) is 28.4 Å². The van der Waals surface area contributed by atoms with Gasteiger partial charge in [0.1, 0.15) is 16.6 Å². The lowest BCUT2D eigenvalue weighted by atomic mass is 10.1. The molecule has 4 heterocycles. The Kier molecular flexibility index (Phi) is 6.72. The summed E-state index contributed by atoms with van der Waals surface area (Å²) in [5.41, 5.74) is -0.232. The molecule has 0 saturated heterocycles. The third kappa shape index (κ3) is 4.48. The molecule has 12 heteroatoms. The van der Waals surface area contributed by atoms with Crippen molar-refractivity contribution >= 4 is 29.1 Å². The lowest BCUT2D eigenvalue weighted by Crippen LogP contribution is -2.50. The molecule has 0 aliphatic carbocycles. The molecule has 4 aromatic rings. The van der Waals surface area contributed by atoms with Crippen LogP contribution < -0.4 is 5.43 Å². The fourth-order valence-electron chi connectivity index (χ4n) is 5.38. The zero-order valence-corrected chi connectivity index (χ0v) is 23.3. The largest absolute Gasteiger partial charge is 0.503 e. The molecule has 0 fully saturated rings. The van der Waals surface area contributed by atoms with Crippen LogP contribution in [0.15, 0.2) is 59.7 Å². The summed E-state index contributed by atoms with van der Waals surface area (Å²) in [6.07, 6.45) is 2.98. The predicted octanol–water partition coefficient (Wildman–Crippen LogP) is 4.25. The normalized spacial score (nSPS) is 16.4. The Hall–Kier alpha value is -4.71. The number of aromatic nitrogens is 2. The topological polar surface area (TPSA) is 113 Å². The maximum Gasteiger partial charge on any atom is 0.274 e. The predicted molar refractivity (Wildman–Crippen MR) is 150 cm³/mol. The van der Waals surface area contributed by atoms with Crippen molar-refractivity contribution in [3.05, 3.63) is 104 Å². The Labute approximate surface area is 242 Å². The van der Waals surface area contributed by atoms with Gasteiger partial charge in [0.25, 0.3) is 17.7 Å². The van der Waals surface area contributed by atoms with Crippen LogP contribution in [0.3, 0.4) is 0 Å². The maximum atomic E-state index is 14.2. The smallest absolute Gasteiger partial charge is 0.274 e. The number of halogens is 2. The third-order valence-electron chi connectivity index (χ3n) is 7.53. The van der Waals surface area contributed by atoms with E-state index >= 15 is 0 Å². The van der Waals surface area contributed by atoms with E-state index in [9.17, 15) is 33.1 Å². The lowest BCUT2D eigenvalue weighted by Gasteiger charge is -2.39. The van der Waals surface area contributed by atoms with Gasteiger partial charge in [-0.25, -0.2) is 13.8 Å². The molecule has 42 heavy (non-hydrogen) atoms. The minimum absolute atomic E-state index is 0.00485. The van der Waals surface area contributed by atoms with E-state index in [4.69, 9.17) is 0 Å². The van der Waals surface area contributed by atoms with E-state index in [1.807, 2.05) is 0 Å². The van der Waals surface area contributed by atoms with Crippen LogP contribution in [-0.2, 0) is 6.42 Å². The van der Waals surface area contributed by atoms with Gasteiger partial charge in [-0.15, -0.1) is 11.3 Å². The molecule has 2 aromatic carbocycles. The molecule has 0 bridgehead atoms. The summed E-state index contributed by atoms with van der Waals surface area (Å²) in [6, 6.07) is 8.80. The first kappa shape index (κ1) is 27.5. The van der Waals surface area contributed by atoms with Crippen molar-refractivity contribution in [2.75, 3.05) is 13.1 Å². The van der Waals surface area contributed by atoms with Gasteiger partial charge in [-0.05, 0) is 37.6 Å². The number of fused-ring (bicyclic) bond motifs is 2. The monoisotopic (exact) mass is 590 g/mol. The van der Waals surface area contributed by atoms with Crippen LogP contribution in [0.1, 0.15) is 61.5 Å². The van der Waals surface area contributed by atoms with Gasteiger partial charge in [0.05, 0.1) is 29.3 Å². The number of nitrogens with zero attached hydrogens (tertiary/aromatic N) is 4. The van der Waals surface area contributed by atoms with Gasteiger partial charge < -0.3 is 14.6 Å². The summed E-state index contributed by atoms with van der Waals surface area (Å²) in [4.78, 5) is 60.5. The van der Waals surface area contributed by atoms with E-state index in [0.29, 0.717) is 4.88 Å². The second-order valence-corrected chi connectivity index (χ2v) is 11.6. The molecule has 1 atom stereocenters. The van der Waals surface area contributed by atoms with Crippen LogP contribution in [0.5, 0.6) is 5.75 Å². The maximum absolute atomic E-state index is 14.2. The van der Waals surface area contributed by atoms with Crippen LogP contribution in [0.4, 0.5) is 8.78 Å². The average Bonchev–Trinajstić information content (AvgIpc) is 3.51.